The molecule has 0 spiro atoms. The van der Waals surface area contributed by atoms with Gasteiger partial charge in [-0.3, -0.25) is 0 Å². The summed E-state index contributed by atoms with van der Waals surface area (Å²) < 4.78 is 0. The van der Waals surface area contributed by atoms with E-state index in [-0.39, 0.29) is 19.5 Å². The molecule has 0 saturated carbocycles. The van der Waals surface area contributed by atoms with Gasteiger partial charge in [0, 0.05) is 31.6 Å². The van der Waals surface area contributed by atoms with Crippen LogP contribution in [0.25, 0.3) is 0 Å². The molecule has 0 fully saturated rings. The fraction of sp³-hybridized carbons (Fsp3) is 0.700. The molecule has 25 heavy (non-hydrogen) atoms. The molecule has 0 rings (SSSR count). The van der Waals surface area contributed by atoms with Crippen molar-refractivity contribution in [2.75, 3.05) is 0 Å². The molecule has 0 aromatic heterocycles. The number of rotatable bonds is 14. The molecule has 0 radical (unpaired) electrons. The van der Waals surface area contributed by atoms with Crippen LogP contribution in [0, 0.1) is 0 Å². The van der Waals surface area contributed by atoms with E-state index in [4.69, 9.17) is 10.2 Å². The largest absolute Gasteiger partial charge is 0.478 e. The summed E-state index contributed by atoms with van der Waals surface area (Å²) >= 11 is 0. The molecule has 0 aromatic rings. The number of carboxylic acid groups (broad SMARTS) is 2. The van der Waals surface area contributed by atoms with Gasteiger partial charge in [0.05, 0.1) is 0 Å². The minimum absolute atomic E-state index is 0. The number of carbonyl (C=O) groups is 2. The first-order chi connectivity index (χ1) is 11.5. The molecule has 0 aliphatic carbocycles. The van der Waals surface area contributed by atoms with Gasteiger partial charge in [-0.1, -0.05) is 77.4 Å². The third-order valence-electron chi connectivity index (χ3n) is 3.47. The van der Waals surface area contributed by atoms with Crippen LogP contribution in [-0.2, 0) is 29.1 Å². The van der Waals surface area contributed by atoms with Crippen LogP contribution in [0.2, 0.25) is 0 Å². The second kappa shape index (κ2) is 25.3. The van der Waals surface area contributed by atoms with Gasteiger partial charge in [-0.25, -0.2) is 9.59 Å². The Morgan fingerprint density at radius 2 is 0.960 bits per heavy atom. The summed E-state index contributed by atoms with van der Waals surface area (Å²) in [5.41, 5.74) is 0. The van der Waals surface area contributed by atoms with Crippen molar-refractivity contribution in [2.24, 2.45) is 0 Å². The molecular formula is C20H36O4Zn. The van der Waals surface area contributed by atoms with Crippen molar-refractivity contribution in [1.82, 2.24) is 0 Å². The van der Waals surface area contributed by atoms with Crippen molar-refractivity contribution in [3.8, 4) is 0 Å². The summed E-state index contributed by atoms with van der Waals surface area (Å²) in [5.74, 6) is -1.69. The van der Waals surface area contributed by atoms with Gasteiger partial charge < -0.3 is 10.2 Å². The van der Waals surface area contributed by atoms with Crippen molar-refractivity contribution in [2.45, 2.75) is 90.9 Å². The van der Waals surface area contributed by atoms with Crippen LogP contribution in [-0.4, -0.2) is 22.2 Å². The quantitative estimate of drug-likeness (QED) is 0.212. The molecule has 0 unspecified atom stereocenters. The summed E-state index contributed by atoms with van der Waals surface area (Å²) in [5, 5.41) is 16.5. The molecule has 0 heterocycles. The van der Waals surface area contributed by atoms with Crippen LogP contribution in [0.15, 0.2) is 24.3 Å². The minimum Gasteiger partial charge on any atom is -0.478 e. The molecule has 142 valence electrons. The van der Waals surface area contributed by atoms with Gasteiger partial charge in [0.15, 0.2) is 0 Å². The first kappa shape index (κ1) is 28.8. The first-order valence-corrected chi connectivity index (χ1v) is 9.33. The van der Waals surface area contributed by atoms with Crippen LogP contribution < -0.4 is 0 Å². The maximum atomic E-state index is 10.0. The van der Waals surface area contributed by atoms with Gasteiger partial charge >= 0.3 is 11.9 Å². The molecule has 0 amide bonds. The average Bonchev–Trinajstić information content (AvgIpc) is 2.53. The molecule has 0 atom stereocenters. The molecule has 0 aliphatic heterocycles. The molecule has 5 heteroatoms. The SMILES string of the molecule is CCCCCCCC=CC(=O)O.CCCCCCCC=CC(=O)O.[Zn]. The Kier molecular flexibility index (Phi) is 29.2. The van der Waals surface area contributed by atoms with E-state index in [0.29, 0.717) is 0 Å². The average molecular weight is 406 g/mol. The molecular weight excluding hydrogens is 370 g/mol. The van der Waals surface area contributed by atoms with Gasteiger partial charge in [0.1, 0.15) is 0 Å². The van der Waals surface area contributed by atoms with Crippen LogP contribution >= 0.6 is 0 Å². The Labute approximate surface area is 166 Å². The Balaban J connectivity index is -0.000000372. The molecule has 0 saturated heterocycles. The van der Waals surface area contributed by atoms with E-state index in [1.807, 2.05) is 0 Å². The molecule has 4 nitrogen and oxygen atoms in total. The summed E-state index contributed by atoms with van der Waals surface area (Å²) in [6.07, 6.45) is 20.0. The summed E-state index contributed by atoms with van der Waals surface area (Å²) in [7, 11) is 0. The predicted molar refractivity (Wildman–Crippen MR) is 100 cm³/mol. The number of unbranched alkanes of at least 4 members (excludes halogenated alkanes) is 10. The van der Waals surface area contributed by atoms with Gasteiger partial charge in [0.2, 0.25) is 0 Å². The van der Waals surface area contributed by atoms with E-state index < -0.39 is 11.9 Å². The maximum Gasteiger partial charge on any atom is 0.327 e. The Morgan fingerprint density at radius 3 is 1.24 bits per heavy atom. The second-order valence-corrected chi connectivity index (χ2v) is 5.89. The van der Waals surface area contributed by atoms with Crippen LogP contribution in [0.3, 0.4) is 0 Å². The molecule has 0 bridgehead atoms. The third-order valence-corrected chi connectivity index (χ3v) is 3.47. The Morgan fingerprint density at radius 1 is 0.640 bits per heavy atom. The molecule has 0 aliphatic rings. The van der Waals surface area contributed by atoms with Crippen molar-refractivity contribution in [3.63, 3.8) is 0 Å². The maximum absolute atomic E-state index is 10.0. The summed E-state index contributed by atoms with van der Waals surface area (Å²) in [4.78, 5) is 20.1. The minimum atomic E-state index is -0.844. The van der Waals surface area contributed by atoms with Gasteiger partial charge in [0.25, 0.3) is 0 Å². The van der Waals surface area contributed by atoms with Crippen molar-refractivity contribution < 1.29 is 39.3 Å². The molecule has 2 N–H and O–H groups in total. The van der Waals surface area contributed by atoms with Crippen LogP contribution in [0.4, 0.5) is 0 Å². The fourth-order valence-electron chi connectivity index (χ4n) is 2.10. The van der Waals surface area contributed by atoms with Gasteiger partial charge in [-0.15, -0.1) is 0 Å². The van der Waals surface area contributed by atoms with Crippen molar-refractivity contribution in [1.29, 1.82) is 0 Å². The zero-order valence-electron chi connectivity index (χ0n) is 16.2. The topological polar surface area (TPSA) is 74.6 Å². The third kappa shape index (κ3) is 35.1. The molecule has 0 aromatic carbocycles. The van der Waals surface area contributed by atoms with E-state index in [1.165, 1.54) is 63.5 Å². The standard InChI is InChI=1S/2C10H18O2.Zn/c2*1-2-3-4-5-6-7-8-9-10(11)12;/h2*8-9H,2-7H2,1H3,(H,11,12);. The van der Waals surface area contributed by atoms with Gasteiger partial charge in [-0.05, 0) is 25.7 Å². The first-order valence-electron chi connectivity index (χ1n) is 9.33. The predicted octanol–water partition coefficient (Wildman–Crippen LogP) is 5.97. The van der Waals surface area contributed by atoms with E-state index in [0.717, 1.165) is 25.7 Å². The monoisotopic (exact) mass is 404 g/mol. The number of aliphatic carboxylic acids is 2. The van der Waals surface area contributed by atoms with Crippen LogP contribution in [0.1, 0.15) is 90.9 Å². The van der Waals surface area contributed by atoms with E-state index in [2.05, 4.69) is 13.8 Å². The van der Waals surface area contributed by atoms with E-state index >= 15 is 0 Å². The van der Waals surface area contributed by atoms with Crippen LogP contribution in [0.5, 0.6) is 0 Å². The smallest absolute Gasteiger partial charge is 0.327 e. The normalized spacial score (nSPS) is 10.3. The van der Waals surface area contributed by atoms with Crippen molar-refractivity contribution in [3.05, 3.63) is 24.3 Å². The zero-order chi connectivity index (χ0) is 18.5. The van der Waals surface area contributed by atoms with E-state index in [1.54, 1.807) is 12.2 Å². The number of hydrogen-bond donors (Lipinski definition) is 2. The summed E-state index contributed by atoms with van der Waals surface area (Å²) in [6.45, 7) is 4.37. The van der Waals surface area contributed by atoms with Crippen molar-refractivity contribution >= 4 is 11.9 Å². The summed E-state index contributed by atoms with van der Waals surface area (Å²) in [6, 6.07) is 0. The number of allylic oxidation sites excluding steroid dienone is 2. The number of carboxylic acids is 2. The fourth-order valence-corrected chi connectivity index (χ4v) is 2.10. The second-order valence-electron chi connectivity index (χ2n) is 5.89. The Hall–Kier alpha value is -0.957. The number of hydrogen-bond acceptors (Lipinski definition) is 2. The Bertz CT molecular complexity index is 318. The van der Waals surface area contributed by atoms with Gasteiger partial charge in [-0.2, -0.15) is 0 Å². The van der Waals surface area contributed by atoms with E-state index in [9.17, 15) is 9.59 Å². The zero-order valence-corrected chi connectivity index (χ0v) is 19.2.